The molecule has 1 amide bonds. The number of aryl methyl sites for hydroxylation is 2. The van der Waals surface area contributed by atoms with E-state index >= 15 is 0 Å². The molecule has 0 aliphatic carbocycles. The summed E-state index contributed by atoms with van der Waals surface area (Å²) in [5.74, 6) is -0.323. The van der Waals surface area contributed by atoms with Crippen molar-refractivity contribution in [3.05, 3.63) is 38.2 Å². The lowest BCUT2D eigenvalue weighted by molar-refractivity contribution is 0.0798. The van der Waals surface area contributed by atoms with Crippen molar-refractivity contribution in [1.29, 1.82) is 0 Å². The molecule has 0 aromatic carbocycles. The zero-order valence-electron chi connectivity index (χ0n) is 17.1. The van der Waals surface area contributed by atoms with E-state index in [4.69, 9.17) is 0 Å². The van der Waals surface area contributed by atoms with Gasteiger partial charge in [-0.3, -0.25) is 24.0 Å². The first-order valence-electron chi connectivity index (χ1n) is 9.91. The van der Waals surface area contributed by atoms with Crippen LogP contribution in [0, 0.1) is 0 Å². The minimum Gasteiger partial charge on any atom is -0.350 e. The van der Waals surface area contributed by atoms with Gasteiger partial charge >= 0.3 is 5.69 Å². The Labute approximate surface area is 164 Å². The van der Waals surface area contributed by atoms with Crippen molar-refractivity contribution in [3.63, 3.8) is 0 Å². The van der Waals surface area contributed by atoms with Gasteiger partial charge in [0.25, 0.3) is 11.5 Å². The number of carbonyl (C=O) groups excluding carboxylic acids is 1. The Kier molecular flexibility index (Phi) is 5.69. The number of piperidine rings is 1. The number of fused-ring (bicyclic) bond motifs is 1. The fourth-order valence-electron chi connectivity index (χ4n) is 3.75. The second-order valence-corrected chi connectivity index (χ2v) is 8.07. The monoisotopic (exact) mass is 387 g/mol. The van der Waals surface area contributed by atoms with E-state index in [2.05, 4.69) is 34.0 Å². The highest BCUT2D eigenvalue weighted by molar-refractivity contribution is 6.05. The molecule has 3 heterocycles. The summed E-state index contributed by atoms with van der Waals surface area (Å²) in [5, 5.41) is 3.14. The Hall–Kier alpha value is -2.48. The Balaban J connectivity index is 1.94. The van der Waals surface area contributed by atoms with Crippen LogP contribution in [0.2, 0.25) is 0 Å². The number of aromatic amines is 1. The SMILES string of the molecule is CCc1cc(C(=O)NCC(C)(C)N2CCCCC2)c2c(=O)[nH]c(=O)n(C)c2n1. The third-order valence-electron chi connectivity index (χ3n) is 5.62. The summed E-state index contributed by atoms with van der Waals surface area (Å²) >= 11 is 0. The van der Waals surface area contributed by atoms with E-state index < -0.39 is 11.2 Å². The van der Waals surface area contributed by atoms with Crippen molar-refractivity contribution in [2.45, 2.75) is 52.0 Å². The average Bonchev–Trinajstić information content (AvgIpc) is 2.70. The molecule has 8 nitrogen and oxygen atoms in total. The molecule has 0 bridgehead atoms. The summed E-state index contributed by atoms with van der Waals surface area (Å²) in [6.45, 7) is 8.70. The molecule has 3 rings (SSSR count). The molecule has 1 saturated heterocycles. The zero-order chi connectivity index (χ0) is 20.5. The van der Waals surface area contributed by atoms with E-state index in [9.17, 15) is 14.4 Å². The molecule has 0 saturated carbocycles. The van der Waals surface area contributed by atoms with Gasteiger partial charge in [-0.1, -0.05) is 13.3 Å². The van der Waals surface area contributed by atoms with Gasteiger partial charge in [0, 0.05) is 24.8 Å². The molecule has 0 atom stereocenters. The molecule has 0 spiro atoms. The first-order valence-corrected chi connectivity index (χ1v) is 9.91. The van der Waals surface area contributed by atoms with Crippen LogP contribution in [0.1, 0.15) is 56.1 Å². The largest absolute Gasteiger partial charge is 0.350 e. The number of hydrogen-bond donors (Lipinski definition) is 2. The smallest absolute Gasteiger partial charge is 0.329 e. The standard InChI is InChI=1S/C20H29N5O3/c1-5-13-11-14(15-16(22-13)24(4)19(28)23-18(15)27)17(26)21-12-20(2,3)25-9-7-6-8-10-25/h11H,5-10,12H2,1-4H3,(H,21,26)(H,23,27,28). The molecule has 1 aliphatic rings. The highest BCUT2D eigenvalue weighted by Crippen LogP contribution is 2.20. The molecule has 28 heavy (non-hydrogen) atoms. The number of hydrogen-bond acceptors (Lipinski definition) is 5. The molecule has 8 heteroatoms. The predicted octanol–water partition coefficient (Wildman–Crippen LogP) is 1.18. The van der Waals surface area contributed by atoms with Gasteiger partial charge in [0.05, 0.1) is 10.9 Å². The van der Waals surface area contributed by atoms with Crippen molar-refractivity contribution >= 4 is 16.9 Å². The van der Waals surface area contributed by atoms with Gasteiger partial charge < -0.3 is 5.32 Å². The second-order valence-electron chi connectivity index (χ2n) is 8.07. The summed E-state index contributed by atoms with van der Waals surface area (Å²) in [4.78, 5) is 46.4. The van der Waals surface area contributed by atoms with E-state index in [-0.39, 0.29) is 28.0 Å². The van der Waals surface area contributed by atoms with Crippen LogP contribution >= 0.6 is 0 Å². The summed E-state index contributed by atoms with van der Waals surface area (Å²) in [6, 6.07) is 1.64. The summed E-state index contributed by atoms with van der Waals surface area (Å²) in [5.41, 5.74) is -0.161. The Morgan fingerprint density at radius 3 is 2.57 bits per heavy atom. The number of nitrogens with zero attached hydrogens (tertiary/aromatic N) is 3. The van der Waals surface area contributed by atoms with Crippen molar-refractivity contribution in [2.24, 2.45) is 7.05 Å². The topological polar surface area (TPSA) is 100 Å². The molecule has 2 aromatic rings. The van der Waals surface area contributed by atoms with Crippen LogP contribution in [0.5, 0.6) is 0 Å². The minimum atomic E-state index is -0.589. The van der Waals surface area contributed by atoms with Gasteiger partial charge in [-0.15, -0.1) is 0 Å². The zero-order valence-corrected chi connectivity index (χ0v) is 17.1. The fraction of sp³-hybridized carbons (Fsp3) is 0.600. The number of rotatable bonds is 5. The summed E-state index contributed by atoms with van der Waals surface area (Å²) in [7, 11) is 1.54. The third-order valence-corrected chi connectivity index (χ3v) is 5.62. The Bertz CT molecular complexity index is 999. The van der Waals surface area contributed by atoms with Gasteiger partial charge in [0.1, 0.15) is 5.65 Å². The summed E-state index contributed by atoms with van der Waals surface area (Å²) in [6.07, 6.45) is 4.20. The van der Waals surface area contributed by atoms with E-state index in [1.807, 2.05) is 6.92 Å². The molecule has 152 valence electrons. The van der Waals surface area contributed by atoms with Gasteiger partial charge in [-0.05, 0) is 52.3 Å². The molecular weight excluding hydrogens is 358 g/mol. The molecular formula is C20H29N5O3. The third kappa shape index (κ3) is 3.87. The minimum absolute atomic E-state index is 0.146. The average molecular weight is 387 g/mol. The molecule has 1 aliphatic heterocycles. The maximum atomic E-state index is 13.0. The van der Waals surface area contributed by atoms with Gasteiger partial charge in [-0.2, -0.15) is 0 Å². The number of aromatic nitrogens is 3. The lowest BCUT2D eigenvalue weighted by Gasteiger charge is -2.41. The predicted molar refractivity (Wildman–Crippen MR) is 109 cm³/mol. The van der Waals surface area contributed by atoms with Crippen molar-refractivity contribution in [2.75, 3.05) is 19.6 Å². The first-order chi connectivity index (χ1) is 13.2. The van der Waals surface area contributed by atoms with E-state index in [0.29, 0.717) is 18.7 Å². The van der Waals surface area contributed by atoms with E-state index in [0.717, 1.165) is 13.1 Å². The molecule has 1 fully saturated rings. The van der Waals surface area contributed by atoms with Crippen LogP contribution in [0.4, 0.5) is 0 Å². The van der Waals surface area contributed by atoms with Crippen LogP contribution in [0.3, 0.4) is 0 Å². The second kappa shape index (κ2) is 7.87. The van der Waals surface area contributed by atoms with Gasteiger partial charge in [-0.25, -0.2) is 9.78 Å². The number of pyridine rings is 1. The first kappa shape index (κ1) is 20.3. The van der Waals surface area contributed by atoms with Crippen LogP contribution in [-0.2, 0) is 13.5 Å². The Morgan fingerprint density at radius 2 is 1.93 bits per heavy atom. The molecule has 2 N–H and O–H groups in total. The van der Waals surface area contributed by atoms with Gasteiger partial charge in [0.15, 0.2) is 0 Å². The van der Waals surface area contributed by atoms with Crippen molar-refractivity contribution in [3.8, 4) is 0 Å². The lowest BCUT2D eigenvalue weighted by Crippen LogP contribution is -2.53. The lowest BCUT2D eigenvalue weighted by atomic mass is 9.98. The van der Waals surface area contributed by atoms with Crippen molar-refractivity contribution < 1.29 is 4.79 Å². The number of likely N-dealkylation sites (tertiary alicyclic amines) is 1. The Morgan fingerprint density at radius 1 is 1.25 bits per heavy atom. The fourth-order valence-corrected chi connectivity index (χ4v) is 3.75. The highest BCUT2D eigenvalue weighted by atomic mass is 16.2. The van der Waals surface area contributed by atoms with Crippen LogP contribution in [-0.4, -0.2) is 50.5 Å². The van der Waals surface area contributed by atoms with Crippen LogP contribution in [0.15, 0.2) is 15.7 Å². The quantitative estimate of drug-likeness (QED) is 0.802. The van der Waals surface area contributed by atoms with Crippen molar-refractivity contribution in [1.82, 2.24) is 24.8 Å². The van der Waals surface area contributed by atoms with Gasteiger partial charge in [0.2, 0.25) is 0 Å². The number of H-pyrrole nitrogens is 1. The van der Waals surface area contributed by atoms with Crippen LogP contribution in [0.25, 0.3) is 11.0 Å². The van der Waals surface area contributed by atoms with E-state index in [1.165, 1.54) is 30.9 Å². The van der Waals surface area contributed by atoms with E-state index in [1.54, 1.807) is 6.07 Å². The molecule has 0 radical (unpaired) electrons. The number of amides is 1. The highest BCUT2D eigenvalue weighted by Gasteiger charge is 2.29. The molecule has 2 aromatic heterocycles. The van der Waals surface area contributed by atoms with Crippen LogP contribution < -0.4 is 16.6 Å². The maximum absolute atomic E-state index is 13.0. The molecule has 0 unspecified atom stereocenters. The normalized spacial score (nSPS) is 15.7. The number of nitrogens with one attached hydrogen (secondary N) is 2. The maximum Gasteiger partial charge on any atom is 0.329 e. The summed E-state index contributed by atoms with van der Waals surface area (Å²) < 4.78 is 1.27. The number of carbonyl (C=O) groups is 1.